The van der Waals surface area contributed by atoms with E-state index >= 15 is 0 Å². The van der Waals surface area contributed by atoms with Crippen molar-refractivity contribution in [2.75, 3.05) is 12.4 Å². The Balaban J connectivity index is 2.79. The van der Waals surface area contributed by atoms with Crippen LogP contribution in [0.2, 0.25) is 0 Å². The van der Waals surface area contributed by atoms with E-state index in [1.165, 1.54) is 0 Å². The Labute approximate surface area is 91.5 Å². The van der Waals surface area contributed by atoms with Crippen LogP contribution in [-0.4, -0.2) is 17.4 Å². The summed E-state index contributed by atoms with van der Waals surface area (Å²) in [6.07, 6.45) is 0. The third-order valence-corrected chi connectivity index (χ3v) is 4.07. The molecule has 0 saturated heterocycles. The predicted molar refractivity (Wildman–Crippen MR) is 59.6 cm³/mol. The van der Waals surface area contributed by atoms with Crippen LogP contribution in [0.3, 0.4) is 0 Å². The number of alkyl halides is 1. The molecule has 13 heavy (non-hydrogen) atoms. The van der Waals surface area contributed by atoms with Crippen molar-refractivity contribution in [2.45, 2.75) is 25.9 Å². The molecule has 0 aliphatic heterocycles. The second-order valence-corrected chi connectivity index (χ2v) is 5.08. The highest BCUT2D eigenvalue weighted by Gasteiger charge is 2.21. The van der Waals surface area contributed by atoms with Crippen LogP contribution in [0.15, 0.2) is 5.38 Å². The molecule has 1 rings (SSSR count). The Morgan fingerprint density at radius 1 is 1.62 bits per heavy atom. The zero-order valence-electron chi connectivity index (χ0n) is 8.13. The molecule has 0 fully saturated rings. The fourth-order valence-electron chi connectivity index (χ4n) is 0.880. The van der Waals surface area contributed by atoms with E-state index in [1.807, 2.05) is 0 Å². The van der Waals surface area contributed by atoms with Crippen LogP contribution < -0.4 is 0 Å². The Bertz CT molecular complexity index is 272. The van der Waals surface area contributed by atoms with Gasteiger partial charge in [-0.2, -0.15) is 0 Å². The maximum Gasteiger partial charge on any atom is 0.119 e. The fraction of sp³-hybridized carbons (Fsp3) is 0.667. The van der Waals surface area contributed by atoms with Gasteiger partial charge in [0.15, 0.2) is 0 Å². The van der Waals surface area contributed by atoms with Crippen LogP contribution in [0.4, 0.5) is 0 Å². The number of rotatable bonds is 4. The molecule has 0 bridgehead atoms. The van der Waals surface area contributed by atoms with Gasteiger partial charge in [0.2, 0.25) is 0 Å². The quantitative estimate of drug-likeness (QED) is 0.780. The lowest BCUT2D eigenvalue weighted by atomic mass is 9.93. The lowest BCUT2D eigenvalue weighted by Crippen LogP contribution is -2.19. The van der Waals surface area contributed by atoms with Crippen LogP contribution in [0.25, 0.3) is 0 Å². The van der Waals surface area contributed by atoms with E-state index in [0.717, 1.165) is 16.0 Å². The molecule has 0 atom stereocenters. The lowest BCUT2D eigenvalue weighted by molar-refractivity contribution is 0.184. The summed E-state index contributed by atoms with van der Waals surface area (Å²) < 4.78 is 5.02. The maximum absolute atomic E-state index is 5.02. The molecular weight excluding hydrogens is 250 g/mol. The number of hydrogen-bond acceptors (Lipinski definition) is 3. The number of hydrogen-bond donors (Lipinski definition) is 0. The number of ether oxygens (including phenoxy) is 1. The molecule has 2 nitrogen and oxygen atoms in total. The number of halogens is 1. The molecule has 74 valence electrons. The minimum Gasteiger partial charge on any atom is -0.378 e. The van der Waals surface area contributed by atoms with Crippen LogP contribution in [0.1, 0.15) is 24.5 Å². The zero-order valence-corrected chi connectivity index (χ0v) is 10.5. The standard InChI is InChI=1S/C9H14BrNOS/c1-9(2,6-10)7-5-13-8(11-7)4-12-3/h5H,4,6H2,1-3H3. The number of nitrogens with zero attached hydrogens (tertiary/aromatic N) is 1. The third kappa shape index (κ3) is 2.76. The van der Waals surface area contributed by atoms with Gasteiger partial charge in [0.25, 0.3) is 0 Å². The summed E-state index contributed by atoms with van der Waals surface area (Å²) in [5.74, 6) is 0. The second kappa shape index (κ2) is 4.53. The van der Waals surface area contributed by atoms with Crippen molar-refractivity contribution in [3.05, 3.63) is 16.1 Å². The highest BCUT2D eigenvalue weighted by molar-refractivity contribution is 9.09. The summed E-state index contributed by atoms with van der Waals surface area (Å²) in [4.78, 5) is 4.51. The maximum atomic E-state index is 5.02. The van der Waals surface area contributed by atoms with Gasteiger partial charge < -0.3 is 4.74 Å². The SMILES string of the molecule is COCc1nc(C(C)(C)CBr)cs1. The van der Waals surface area contributed by atoms with Gasteiger partial charge in [0, 0.05) is 23.2 Å². The molecule has 0 unspecified atom stereocenters. The van der Waals surface area contributed by atoms with E-state index in [4.69, 9.17) is 4.74 Å². The fourth-order valence-corrected chi connectivity index (χ4v) is 2.12. The topological polar surface area (TPSA) is 22.1 Å². The first kappa shape index (κ1) is 11.1. The van der Waals surface area contributed by atoms with Crippen molar-refractivity contribution in [1.29, 1.82) is 0 Å². The van der Waals surface area contributed by atoms with E-state index in [2.05, 4.69) is 40.1 Å². The summed E-state index contributed by atoms with van der Waals surface area (Å²) in [5.41, 5.74) is 1.25. The number of thiazole rings is 1. The lowest BCUT2D eigenvalue weighted by Gasteiger charge is -2.18. The molecule has 1 aromatic rings. The van der Waals surface area contributed by atoms with Crippen molar-refractivity contribution in [3.8, 4) is 0 Å². The van der Waals surface area contributed by atoms with Gasteiger partial charge in [-0.25, -0.2) is 4.98 Å². The van der Waals surface area contributed by atoms with Gasteiger partial charge in [-0.1, -0.05) is 29.8 Å². The van der Waals surface area contributed by atoms with Gasteiger partial charge in [0.05, 0.1) is 12.3 Å². The van der Waals surface area contributed by atoms with E-state index in [1.54, 1.807) is 18.4 Å². The van der Waals surface area contributed by atoms with Crippen molar-refractivity contribution >= 4 is 27.3 Å². The number of aromatic nitrogens is 1. The van der Waals surface area contributed by atoms with Gasteiger partial charge in [-0.3, -0.25) is 0 Å². The van der Waals surface area contributed by atoms with Gasteiger partial charge in [-0.05, 0) is 0 Å². The summed E-state index contributed by atoms with van der Waals surface area (Å²) in [6, 6.07) is 0. The average molecular weight is 264 g/mol. The summed E-state index contributed by atoms with van der Waals surface area (Å²) in [6.45, 7) is 4.96. The van der Waals surface area contributed by atoms with E-state index in [-0.39, 0.29) is 5.41 Å². The third-order valence-electron chi connectivity index (χ3n) is 1.85. The minimum atomic E-state index is 0.114. The number of methoxy groups -OCH3 is 1. The Hall–Kier alpha value is 0.0700. The Morgan fingerprint density at radius 2 is 2.31 bits per heavy atom. The highest BCUT2D eigenvalue weighted by atomic mass is 79.9. The van der Waals surface area contributed by atoms with Crippen LogP contribution in [0, 0.1) is 0 Å². The summed E-state index contributed by atoms with van der Waals surface area (Å²) in [7, 11) is 1.69. The van der Waals surface area contributed by atoms with Crippen molar-refractivity contribution in [3.63, 3.8) is 0 Å². The van der Waals surface area contributed by atoms with Crippen LogP contribution >= 0.6 is 27.3 Å². The van der Waals surface area contributed by atoms with E-state index in [9.17, 15) is 0 Å². The molecule has 0 aliphatic carbocycles. The normalized spacial score (nSPS) is 12.0. The average Bonchev–Trinajstić information content (AvgIpc) is 2.54. The monoisotopic (exact) mass is 263 g/mol. The molecule has 4 heteroatoms. The zero-order chi connectivity index (χ0) is 9.90. The smallest absolute Gasteiger partial charge is 0.119 e. The van der Waals surface area contributed by atoms with Crippen molar-refractivity contribution < 1.29 is 4.74 Å². The van der Waals surface area contributed by atoms with Gasteiger partial charge >= 0.3 is 0 Å². The molecule has 0 aromatic carbocycles. The molecule has 0 amide bonds. The van der Waals surface area contributed by atoms with Gasteiger partial charge in [0.1, 0.15) is 5.01 Å². The summed E-state index contributed by atoms with van der Waals surface area (Å²) >= 11 is 5.15. The highest BCUT2D eigenvalue weighted by Crippen LogP contribution is 2.26. The molecule has 0 N–H and O–H groups in total. The molecule has 1 heterocycles. The van der Waals surface area contributed by atoms with Crippen molar-refractivity contribution in [2.24, 2.45) is 0 Å². The van der Waals surface area contributed by atoms with E-state index in [0.29, 0.717) is 6.61 Å². The van der Waals surface area contributed by atoms with Gasteiger partial charge in [-0.15, -0.1) is 11.3 Å². The molecule has 0 saturated carbocycles. The first-order valence-electron chi connectivity index (χ1n) is 4.10. The first-order valence-corrected chi connectivity index (χ1v) is 6.10. The minimum absolute atomic E-state index is 0.114. The first-order chi connectivity index (χ1) is 6.10. The van der Waals surface area contributed by atoms with E-state index < -0.39 is 0 Å². The summed E-state index contributed by atoms with van der Waals surface area (Å²) in [5, 5.41) is 4.08. The van der Waals surface area contributed by atoms with Crippen molar-refractivity contribution in [1.82, 2.24) is 4.98 Å². The Morgan fingerprint density at radius 3 is 2.85 bits per heavy atom. The largest absolute Gasteiger partial charge is 0.378 e. The molecule has 1 aromatic heterocycles. The van der Waals surface area contributed by atoms with Crippen LogP contribution in [0.5, 0.6) is 0 Å². The molecule has 0 aliphatic rings. The molecular formula is C9H14BrNOS. The molecule has 0 radical (unpaired) electrons. The predicted octanol–water partition coefficient (Wildman–Crippen LogP) is 2.96. The Kier molecular flexibility index (Phi) is 3.88. The second-order valence-electron chi connectivity index (χ2n) is 3.58. The molecule has 0 spiro atoms. The van der Waals surface area contributed by atoms with Crippen LogP contribution in [-0.2, 0) is 16.8 Å².